The Morgan fingerprint density at radius 3 is 2.47 bits per heavy atom. The number of carbonyl (C=O) groups is 1. The first-order valence-corrected chi connectivity index (χ1v) is 5.80. The third kappa shape index (κ3) is 3.86. The molecule has 0 spiro atoms. The van der Waals surface area contributed by atoms with Crippen LogP contribution in [0, 0.1) is 0 Å². The van der Waals surface area contributed by atoms with Crippen molar-refractivity contribution in [3.8, 4) is 0 Å². The number of rotatable bonds is 6. The average molecular weight is 204 g/mol. The third-order valence-corrected chi connectivity index (χ3v) is 2.82. The summed E-state index contributed by atoms with van der Waals surface area (Å²) in [6.45, 7) is 4.48. The predicted octanol–water partition coefficient (Wildman–Crippen LogP) is 3.72. The maximum Gasteiger partial charge on any atom is 0.120 e. The molecule has 1 rings (SSSR count). The van der Waals surface area contributed by atoms with E-state index in [0.717, 1.165) is 12.7 Å². The molecule has 0 saturated carbocycles. The van der Waals surface area contributed by atoms with E-state index in [9.17, 15) is 4.79 Å². The van der Waals surface area contributed by atoms with Crippen molar-refractivity contribution in [2.24, 2.45) is 0 Å². The Morgan fingerprint density at radius 1 is 1.27 bits per heavy atom. The molecule has 0 aliphatic heterocycles. The molecule has 1 atom stereocenters. The van der Waals surface area contributed by atoms with Crippen molar-refractivity contribution >= 4 is 6.29 Å². The standard InChI is InChI=1S/C14H20O/c1-3-5-12(2)14-9-7-13(8-10-14)6-4-11-15/h7-12H,3-6H2,1-2H3. The number of aryl methyl sites for hydroxylation is 1. The molecule has 0 amide bonds. The molecule has 1 unspecified atom stereocenters. The van der Waals surface area contributed by atoms with Crippen LogP contribution in [0.2, 0.25) is 0 Å². The summed E-state index contributed by atoms with van der Waals surface area (Å²) in [5, 5.41) is 0. The van der Waals surface area contributed by atoms with Gasteiger partial charge in [-0.25, -0.2) is 0 Å². The van der Waals surface area contributed by atoms with Crippen molar-refractivity contribution in [2.45, 2.75) is 45.4 Å². The largest absolute Gasteiger partial charge is 0.303 e. The molecule has 0 fully saturated rings. The Kier molecular flexibility index (Phi) is 5.09. The second-order valence-electron chi connectivity index (χ2n) is 4.14. The fourth-order valence-corrected chi connectivity index (χ4v) is 1.84. The Labute approximate surface area is 92.5 Å². The molecule has 0 heterocycles. The summed E-state index contributed by atoms with van der Waals surface area (Å²) in [5.41, 5.74) is 2.67. The summed E-state index contributed by atoms with van der Waals surface area (Å²) < 4.78 is 0. The highest BCUT2D eigenvalue weighted by atomic mass is 16.1. The van der Waals surface area contributed by atoms with Crippen LogP contribution in [0.5, 0.6) is 0 Å². The van der Waals surface area contributed by atoms with Crippen molar-refractivity contribution in [3.05, 3.63) is 35.4 Å². The molecular weight excluding hydrogens is 184 g/mol. The van der Waals surface area contributed by atoms with E-state index >= 15 is 0 Å². The summed E-state index contributed by atoms with van der Waals surface area (Å²) >= 11 is 0. The van der Waals surface area contributed by atoms with Gasteiger partial charge >= 0.3 is 0 Å². The van der Waals surface area contributed by atoms with Crippen LogP contribution in [-0.4, -0.2) is 6.29 Å². The average Bonchev–Trinajstić information content (AvgIpc) is 2.27. The van der Waals surface area contributed by atoms with E-state index in [0.29, 0.717) is 12.3 Å². The monoisotopic (exact) mass is 204 g/mol. The first-order valence-electron chi connectivity index (χ1n) is 5.80. The van der Waals surface area contributed by atoms with E-state index < -0.39 is 0 Å². The smallest absolute Gasteiger partial charge is 0.120 e. The molecule has 0 saturated heterocycles. The second kappa shape index (κ2) is 6.39. The van der Waals surface area contributed by atoms with Gasteiger partial charge in [-0.05, 0) is 29.9 Å². The highest BCUT2D eigenvalue weighted by Gasteiger charge is 2.03. The van der Waals surface area contributed by atoms with E-state index in [1.54, 1.807) is 0 Å². The van der Waals surface area contributed by atoms with Gasteiger partial charge < -0.3 is 4.79 Å². The summed E-state index contributed by atoms with van der Waals surface area (Å²) in [6.07, 6.45) is 4.95. The van der Waals surface area contributed by atoms with E-state index in [2.05, 4.69) is 38.1 Å². The molecule has 0 radical (unpaired) electrons. The van der Waals surface area contributed by atoms with Crippen LogP contribution in [0.15, 0.2) is 24.3 Å². The van der Waals surface area contributed by atoms with Gasteiger partial charge in [-0.3, -0.25) is 0 Å². The normalized spacial score (nSPS) is 12.4. The van der Waals surface area contributed by atoms with Gasteiger partial charge in [0.15, 0.2) is 0 Å². The minimum atomic E-state index is 0.629. The molecule has 1 nitrogen and oxygen atoms in total. The van der Waals surface area contributed by atoms with Gasteiger partial charge in [-0.2, -0.15) is 0 Å². The lowest BCUT2D eigenvalue weighted by atomic mass is 9.95. The Hall–Kier alpha value is -1.11. The van der Waals surface area contributed by atoms with Gasteiger partial charge in [0.05, 0.1) is 0 Å². The third-order valence-electron chi connectivity index (χ3n) is 2.82. The van der Waals surface area contributed by atoms with Crippen molar-refractivity contribution in [2.75, 3.05) is 0 Å². The topological polar surface area (TPSA) is 17.1 Å². The molecule has 82 valence electrons. The highest BCUT2D eigenvalue weighted by molar-refractivity contribution is 5.50. The molecule has 0 aromatic heterocycles. The first kappa shape index (κ1) is 12.0. The van der Waals surface area contributed by atoms with Crippen LogP contribution in [-0.2, 0) is 11.2 Å². The zero-order valence-electron chi connectivity index (χ0n) is 9.70. The predicted molar refractivity (Wildman–Crippen MR) is 64.2 cm³/mol. The van der Waals surface area contributed by atoms with E-state index in [1.807, 2.05) is 0 Å². The summed E-state index contributed by atoms with van der Waals surface area (Å²) in [5.74, 6) is 0.648. The Morgan fingerprint density at radius 2 is 1.93 bits per heavy atom. The molecule has 1 aromatic rings. The second-order valence-corrected chi connectivity index (χ2v) is 4.14. The lowest BCUT2D eigenvalue weighted by Crippen LogP contribution is -1.93. The van der Waals surface area contributed by atoms with Gasteiger partial charge in [-0.15, -0.1) is 0 Å². The number of benzene rings is 1. The Bertz CT molecular complexity index is 287. The number of aldehydes is 1. The van der Waals surface area contributed by atoms with E-state index in [1.165, 1.54) is 24.0 Å². The molecule has 0 aliphatic carbocycles. The van der Waals surface area contributed by atoms with Crippen LogP contribution < -0.4 is 0 Å². The van der Waals surface area contributed by atoms with Crippen molar-refractivity contribution < 1.29 is 4.79 Å². The van der Waals surface area contributed by atoms with Crippen molar-refractivity contribution in [1.82, 2.24) is 0 Å². The lowest BCUT2D eigenvalue weighted by molar-refractivity contribution is -0.107. The van der Waals surface area contributed by atoms with Crippen LogP contribution in [0.1, 0.15) is 50.2 Å². The van der Waals surface area contributed by atoms with Crippen LogP contribution in [0.25, 0.3) is 0 Å². The minimum absolute atomic E-state index is 0.629. The van der Waals surface area contributed by atoms with Crippen molar-refractivity contribution in [1.29, 1.82) is 0 Å². The van der Waals surface area contributed by atoms with Crippen molar-refractivity contribution in [3.63, 3.8) is 0 Å². The maximum atomic E-state index is 10.2. The van der Waals surface area contributed by atoms with Gasteiger partial charge in [0, 0.05) is 6.42 Å². The lowest BCUT2D eigenvalue weighted by Gasteiger charge is -2.10. The molecule has 1 aromatic carbocycles. The molecule has 15 heavy (non-hydrogen) atoms. The highest BCUT2D eigenvalue weighted by Crippen LogP contribution is 2.20. The molecular formula is C14H20O. The molecule has 1 heteroatoms. The SMILES string of the molecule is CCCC(C)c1ccc(CCC=O)cc1. The maximum absolute atomic E-state index is 10.2. The number of carbonyl (C=O) groups excluding carboxylic acids is 1. The van der Waals surface area contributed by atoms with Crippen LogP contribution in [0.3, 0.4) is 0 Å². The zero-order valence-corrected chi connectivity index (χ0v) is 9.70. The fourth-order valence-electron chi connectivity index (χ4n) is 1.84. The van der Waals surface area contributed by atoms with Gasteiger partial charge in [-0.1, -0.05) is 44.5 Å². The number of hydrogen-bond donors (Lipinski definition) is 0. The molecule has 0 aliphatic rings. The minimum Gasteiger partial charge on any atom is -0.303 e. The fraction of sp³-hybridized carbons (Fsp3) is 0.500. The number of hydrogen-bond acceptors (Lipinski definition) is 1. The van der Waals surface area contributed by atoms with Gasteiger partial charge in [0.1, 0.15) is 6.29 Å². The molecule has 0 bridgehead atoms. The van der Waals surface area contributed by atoms with Gasteiger partial charge in [0.25, 0.3) is 0 Å². The summed E-state index contributed by atoms with van der Waals surface area (Å²) in [7, 11) is 0. The van der Waals surface area contributed by atoms with Gasteiger partial charge in [0.2, 0.25) is 0 Å². The zero-order chi connectivity index (χ0) is 11.1. The van der Waals surface area contributed by atoms with E-state index in [-0.39, 0.29) is 0 Å². The van der Waals surface area contributed by atoms with Crippen LogP contribution in [0.4, 0.5) is 0 Å². The summed E-state index contributed by atoms with van der Waals surface area (Å²) in [4.78, 5) is 10.2. The van der Waals surface area contributed by atoms with E-state index in [4.69, 9.17) is 0 Å². The quantitative estimate of drug-likeness (QED) is 0.645. The van der Waals surface area contributed by atoms with Crippen LogP contribution >= 0.6 is 0 Å². The Balaban J connectivity index is 2.58. The summed E-state index contributed by atoms with van der Waals surface area (Å²) in [6, 6.07) is 8.68. The molecule has 0 N–H and O–H groups in total. The first-order chi connectivity index (χ1) is 7.27.